The number of amides is 2. The highest BCUT2D eigenvalue weighted by Crippen LogP contribution is 2.41. The Bertz CT molecular complexity index is 1360. The zero-order chi connectivity index (χ0) is 23.4. The topological polar surface area (TPSA) is 120 Å². The number of carbonyl (C=O) groups is 2. The van der Waals surface area contributed by atoms with Gasteiger partial charge in [-0.2, -0.15) is 0 Å². The van der Waals surface area contributed by atoms with E-state index < -0.39 is 0 Å². The molecule has 2 atom stereocenters. The molecule has 4 heterocycles. The summed E-state index contributed by atoms with van der Waals surface area (Å²) < 4.78 is 8.53. The van der Waals surface area contributed by atoms with E-state index in [0.29, 0.717) is 41.8 Å². The number of benzene rings is 1. The van der Waals surface area contributed by atoms with Crippen molar-refractivity contribution in [3.05, 3.63) is 36.2 Å². The maximum absolute atomic E-state index is 12.2. The lowest BCUT2D eigenvalue weighted by atomic mass is 10.0. The Morgan fingerprint density at radius 2 is 2.09 bits per heavy atom. The van der Waals surface area contributed by atoms with Gasteiger partial charge in [-0.25, -0.2) is 9.97 Å². The average molecular weight is 460 g/mol. The molecule has 0 unspecified atom stereocenters. The molecule has 2 N–H and O–H groups in total. The molecule has 10 nitrogen and oxygen atoms in total. The molecule has 0 bridgehead atoms. The van der Waals surface area contributed by atoms with E-state index in [-0.39, 0.29) is 29.5 Å². The lowest BCUT2D eigenvalue weighted by molar-refractivity contribution is -0.119. The molecule has 0 spiro atoms. The SMILES string of the molecule is CO/N=C1/C(=O)Nc2cc(-c3cc4ncn(C5CC5)c4c(O[C@H](C)[C@H]4CNC(=O)C4)n3)ccc21. The highest BCUT2D eigenvalue weighted by molar-refractivity contribution is 6.53. The van der Waals surface area contributed by atoms with Crippen molar-refractivity contribution in [2.24, 2.45) is 11.1 Å². The molecule has 1 aliphatic carbocycles. The van der Waals surface area contributed by atoms with Gasteiger partial charge in [0.05, 0.1) is 23.2 Å². The third-order valence-electron chi connectivity index (χ3n) is 6.65. The van der Waals surface area contributed by atoms with Crippen LogP contribution in [0.4, 0.5) is 5.69 Å². The summed E-state index contributed by atoms with van der Waals surface area (Å²) in [5, 5.41) is 9.53. The quantitative estimate of drug-likeness (QED) is 0.546. The van der Waals surface area contributed by atoms with Crippen LogP contribution in [-0.4, -0.2) is 51.8 Å². The summed E-state index contributed by atoms with van der Waals surface area (Å²) in [6.45, 7) is 2.57. The van der Waals surface area contributed by atoms with Gasteiger partial charge < -0.3 is 24.8 Å². The number of ether oxygens (including phenoxy) is 1. The normalized spacial score (nSPS) is 21.5. The predicted molar refractivity (Wildman–Crippen MR) is 125 cm³/mol. The van der Waals surface area contributed by atoms with Crippen molar-refractivity contribution in [2.45, 2.75) is 38.3 Å². The van der Waals surface area contributed by atoms with Gasteiger partial charge in [0.2, 0.25) is 11.8 Å². The van der Waals surface area contributed by atoms with Gasteiger partial charge in [0.25, 0.3) is 5.91 Å². The van der Waals surface area contributed by atoms with Gasteiger partial charge in [0, 0.05) is 36.1 Å². The standard InChI is InChI=1S/C24H24N6O4/c1-12(14-8-20(31)25-10-14)34-24-22-19(26-11-30(22)15-4-5-15)9-17(28-24)13-3-6-16-18(7-13)27-23(32)21(16)29-33-2/h3,6-7,9,11-12,14-15H,4-5,8,10H2,1-2H3,(H,25,31)(H,27,29,32)/t12-,14-/m1/s1. The minimum absolute atomic E-state index is 0.0481. The van der Waals surface area contributed by atoms with Gasteiger partial charge in [0.1, 0.15) is 18.7 Å². The molecule has 34 heavy (non-hydrogen) atoms. The van der Waals surface area contributed by atoms with Crippen LogP contribution in [-0.2, 0) is 14.4 Å². The van der Waals surface area contributed by atoms with Crippen LogP contribution < -0.4 is 15.4 Å². The van der Waals surface area contributed by atoms with Crippen molar-refractivity contribution in [2.75, 3.05) is 19.0 Å². The van der Waals surface area contributed by atoms with E-state index in [4.69, 9.17) is 14.6 Å². The Morgan fingerprint density at radius 1 is 1.24 bits per heavy atom. The highest BCUT2D eigenvalue weighted by Gasteiger charge is 2.32. The van der Waals surface area contributed by atoms with Crippen LogP contribution in [0.1, 0.15) is 37.8 Å². The van der Waals surface area contributed by atoms with E-state index in [0.717, 1.165) is 29.4 Å². The molecule has 2 amide bonds. The zero-order valence-corrected chi connectivity index (χ0v) is 18.9. The molecule has 10 heteroatoms. The molecule has 1 aromatic carbocycles. The summed E-state index contributed by atoms with van der Waals surface area (Å²) in [7, 11) is 1.41. The molecule has 2 fully saturated rings. The predicted octanol–water partition coefficient (Wildman–Crippen LogP) is 2.64. The van der Waals surface area contributed by atoms with Gasteiger partial charge >= 0.3 is 0 Å². The Kier molecular flexibility index (Phi) is 4.75. The summed E-state index contributed by atoms with van der Waals surface area (Å²) in [6, 6.07) is 7.94. The first-order chi connectivity index (χ1) is 16.5. The maximum atomic E-state index is 12.2. The van der Waals surface area contributed by atoms with Crippen LogP contribution in [0.5, 0.6) is 5.88 Å². The molecule has 6 rings (SSSR count). The molecule has 3 aromatic rings. The minimum Gasteiger partial charge on any atom is -0.473 e. The van der Waals surface area contributed by atoms with E-state index >= 15 is 0 Å². The van der Waals surface area contributed by atoms with E-state index in [1.165, 1.54) is 7.11 Å². The van der Waals surface area contributed by atoms with Gasteiger partial charge in [-0.1, -0.05) is 11.2 Å². The first-order valence-electron chi connectivity index (χ1n) is 11.4. The number of anilines is 1. The van der Waals surface area contributed by atoms with Crippen molar-refractivity contribution < 1.29 is 19.2 Å². The second-order valence-corrected chi connectivity index (χ2v) is 8.99. The number of hydrogen-bond donors (Lipinski definition) is 2. The summed E-state index contributed by atoms with van der Waals surface area (Å²) in [5.74, 6) is 0.332. The van der Waals surface area contributed by atoms with Crippen LogP contribution in [0.3, 0.4) is 0 Å². The largest absolute Gasteiger partial charge is 0.473 e. The monoisotopic (exact) mass is 460 g/mol. The van der Waals surface area contributed by atoms with E-state index in [1.54, 1.807) is 0 Å². The number of imidazole rings is 1. The third-order valence-corrected chi connectivity index (χ3v) is 6.65. The van der Waals surface area contributed by atoms with Crippen LogP contribution in [0.15, 0.2) is 35.7 Å². The fraction of sp³-hybridized carbons (Fsp3) is 0.375. The smallest absolute Gasteiger partial charge is 0.278 e. The lowest BCUT2D eigenvalue weighted by Gasteiger charge is -2.20. The lowest BCUT2D eigenvalue weighted by Crippen LogP contribution is -2.26. The average Bonchev–Trinajstić information content (AvgIpc) is 3.28. The molecule has 2 aromatic heterocycles. The molecular formula is C24H24N6O4. The van der Waals surface area contributed by atoms with Crippen molar-refractivity contribution in [1.82, 2.24) is 19.9 Å². The van der Waals surface area contributed by atoms with E-state index in [9.17, 15) is 9.59 Å². The Labute approximate surface area is 195 Å². The van der Waals surface area contributed by atoms with E-state index in [1.807, 2.05) is 37.5 Å². The van der Waals surface area contributed by atoms with E-state index in [2.05, 4.69) is 25.3 Å². The highest BCUT2D eigenvalue weighted by atomic mass is 16.6. The van der Waals surface area contributed by atoms with Gasteiger partial charge in [0.15, 0.2) is 5.71 Å². The second-order valence-electron chi connectivity index (χ2n) is 8.99. The molecule has 3 aliphatic rings. The first kappa shape index (κ1) is 20.6. The first-order valence-corrected chi connectivity index (χ1v) is 11.4. The number of carbonyl (C=O) groups excluding carboxylic acids is 2. The van der Waals surface area contributed by atoms with Crippen molar-refractivity contribution in [1.29, 1.82) is 0 Å². The number of nitrogens with zero attached hydrogens (tertiary/aromatic N) is 4. The number of fused-ring (bicyclic) bond motifs is 2. The van der Waals surface area contributed by atoms with Crippen LogP contribution in [0.25, 0.3) is 22.3 Å². The minimum atomic E-state index is -0.307. The van der Waals surface area contributed by atoms with Crippen LogP contribution in [0.2, 0.25) is 0 Å². The number of hydrogen-bond acceptors (Lipinski definition) is 7. The molecule has 2 aliphatic heterocycles. The van der Waals surface area contributed by atoms with Crippen molar-refractivity contribution >= 4 is 34.2 Å². The number of oxime groups is 1. The number of rotatable bonds is 6. The maximum Gasteiger partial charge on any atom is 0.278 e. The molecular weight excluding hydrogens is 436 g/mol. The van der Waals surface area contributed by atoms with Gasteiger partial charge in [-0.05, 0) is 38.0 Å². The number of aromatic nitrogens is 3. The summed E-state index contributed by atoms with van der Waals surface area (Å²) >= 11 is 0. The Morgan fingerprint density at radius 3 is 2.82 bits per heavy atom. The molecule has 0 radical (unpaired) electrons. The fourth-order valence-electron chi connectivity index (χ4n) is 4.62. The molecule has 174 valence electrons. The summed E-state index contributed by atoms with van der Waals surface area (Å²) in [6.07, 6.45) is 4.32. The number of nitrogens with one attached hydrogen (secondary N) is 2. The third kappa shape index (κ3) is 3.46. The molecule has 1 saturated heterocycles. The van der Waals surface area contributed by atoms with Crippen LogP contribution in [0, 0.1) is 5.92 Å². The van der Waals surface area contributed by atoms with Gasteiger partial charge in [-0.15, -0.1) is 0 Å². The summed E-state index contributed by atoms with van der Waals surface area (Å²) in [5.41, 5.74) is 4.74. The Hall–Kier alpha value is -3.95. The van der Waals surface area contributed by atoms with Crippen molar-refractivity contribution in [3.8, 4) is 17.1 Å². The molecule has 1 saturated carbocycles. The zero-order valence-electron chi connectivity index (χ0n) is 18.9. The second kappa shape index (κ2) is 7.82. The van der Waals surface area contributed by atoms with Gasteiger partial charge in [-0.3, -0.25) is 9.59 Å². The van der Waals surface area contributed by atoms with Crippen molar-refractivity contribution in [3.63, 3.8) is 0 Å². The van der Waals surface area contributed by atoms with Crippen LogP contribution >= 0.6 is 0 Å². The fourth-order valence-corrected chi connectivity index (χ4v) is 4.62. The number of pyridine rings is 1. The summed E-state index contributed by atoms with van der Waals surface area (Å²) in [4.78, 5) is 38.3. The Balaban J connectivity index is 1.41.